The zero-order valence-electron chi connectivity index (χ0n) is 16.5. The number of carbonyl (C=O) groups excluding carboxylic acids is 1. The lowest BCUT2D eigenvalue weighted by molar-refractivity contribution is 0.102. The van der Waals surface area contributed by atoms with Crippen molar-refractivity contribution in [3.8, 4) is 11.5 Å². The fourth-order valence-electron chi connectivity index (χ4n) is 3.82. The first-order valence-corrected chi connectivity index (χ1v) is 10.3. The van der Waals surface area contributed by atoms with Crippen LogP contribution in [-0.4, -0.2) is 29.0 Å². The predicted molar refractivity (Wildman–Crippen MR) is 118 cm³/mol. The molecule has 1 amide bonds. The van der Waals surface area contributed by atoms with Gasteiger partial charge in [0.2, 0.25) is 5.89 Å². The molecule has 6 nitrogen and oxygen atoms in total. The number of pyridine rings is 1. The van der Waals surface area contributed by atoms with Gasteiger partial charge in [-0.1, -0.05) is 12.1 Å². The number of fused-ring (bicyclic) bond motifs is 1. The van der Waals surface area contributed by atoms with E-state index < -0.39 is 0 Å². The van der Waals surface area contributed by atoms with Crippen LogP contribution >= 0.6 is 0 Å². The molecule has 1 N–H and O–H groups in total. The van der Waals surface area contributed by atoms with Gasteiger partial charge in [-0.2, -0.15) is 0 Å². The fraction of sp³-hybridized carbons (Fsp3) is 0.208. The molecule has 0 atom stereocenters. The van der Waals surface area contributed by atoms with Crippen LogP contribution in [-0.2, 0) is 0 Å². The molecule has 0 radical (unpaired) electrons. The topological polar surface area (TPSA) is 71.3 Å². The van der Waals surface area contributed by atoms with Gasteiger partial charge in [-0.25, -0.2) is 9.97 Å². The molecule has 1 saturated heterocycles. The first-order chi connectivity index (χ1) is 14.8. The van der Waals surface area contributed by atoms with Gasteiger partial charge in [0.1, 0.15) is 11.3 Å². The maximum Gasteiger partial charge on any atom is 0.259 e. The summed E-state index contributed by atoms with van der Waals surface area (Å²) in [6, 6.07) is 18.8. The van der Waals surface area contributed by atoms with Crippen LogP contribution in [0.2, 0.25) is 0 Å². The Morgan fingerprint density at radius 1 is 0.933 bits per heavy atom. The van der Waals surface area contributed by atoms with Crippen LogP contribution in [0.5, 0.6) is 0 Å². The number of oxazole rings is 1. The van der Waals surface area contributed by atoms with E-state index in [1.54, 1.807) is 12.3 Å². The maximum absolute atomic E-state index is 12.9. The van der Waals surface area contributed by atoms with Crippen LogP contribution in [0.15, 0.2) is 71.3 Å². The first-order valence-electron chi connectivity index (χ1n) is 10.3. The van der Waals surface area contributed by atoms with Crippen molar-refractivity contribution < 1.29 is 9.21 Å². The van der Waals surface area contributed by atoms with Gasteiger partial charge in [0, 0.05) is 30.5 Å². The summed E-state index contributed by atoms with van der Waals surface area (Å²) in [5.41, 5.74) is 3.76. The van der Waals surface area contributed by atoms with Gasteiger partial charge in [0.05, 0.1) is 5.56 Å². The number of nitrogens with zero attached hydrogens (tertiary/aromatic N) is 3. The minimum atomic E-state index is -0.154. The molecule has 0 bridgehead atoms. The molecule has 2 aromatic heterocycles. The van der Waals surface area contributed by atoms with Crippen molar-refractivity contribution in [2.75, 3.05) is 23.3 Å². The first kappa shape index (κ1) is 18.4. The van der Waals surface area contributed by atoms with Crippen LogP contribution in [0.3, 0.4) is 0 Å². The summed E-state index contributed by atoms with van der Waals surface area (Å²) in [7, 11) is 0. The van der Waals surface area contributed by atoms with E-state index in [2.05, 4.69) is 20.2 Å². The van der Waals surface area contributed by atoms with Crippen molar-refractivity contribution in [2.45, 2.75) is 19.3 Å². The number of hydrogen-bond donors (Lipinski definition) is 1. The van der Waals surface area contributed by atoms with E-state index in [-0.39, 0.29) is 5.91 Å². The van der Waals surface area contributed by atoms with E-state index in [9.17, 15) is 4.79 Å². The number of anilines is 2. The van der Waals surface area contributed by atoms with Gasteiger partial charge in [0.25, 0.3) is 5.91 Å². The van der Waals surface area contributed by atoms with Gasteiger partial charge in [0.15, 0.2) is 5.58 Å². The number of piperidine rings is 1. The second-order valence-corrected chi connectivity index (χ2v) is 7.44. The molecular weight excluding hydrogens is 376 g/mol. The number of hydrogen-bond acceptors (Lipinski definition) is 5. The average molecular weight is 398 g/mol. The van der Waals surface area contributed by atoms with Crippen molar-refractivity contribution in [3.63, 3.8) is 0 Å². The van der Waals surface area contributed by atoms with Crippen LogP contribution in [0.1, 0.15) is 29.6 Å². The third-order valence-electron chi connectivity index (χ3n) is 5.37. The lowest BCUT2D eigenvalue weighted by Gasteiger charge is -2.29. The summed E-state index contributed by atoms with van der Waals surface area (Å²) in [6.07, 6.45) is 5.25. The Kier molecular flexibility index (Phi) is 4.89. The van der Waals surface area contributed by atoms with Crippen LogP contribution in [0.25, 0.3) is 22.6 Å². The zero-order valence-corrected chi connectivity index (χ0v) is 16.5. The molecule has 2 aromatic carbocycles. The van der Waals surface area contributed by atoms with Crippen molar-refractivity contribution in [2.24, 2.45) is 0 Å². The Morgan fingerprint density at radius 2 is 1.73 bits per heavy atom. The Balaban J connectivity index is 1.34. The van der Waals surface area contributed by atoms with Gasteiger partial charge in [-0.05, 0) is 67.8 Å². The molecule has 1 aliphatic heterocycles. The van der Waals surface area contributed by atoms with Gasteiger partial charge < -0.3 is 14.6 Å². The van der Waals surface area contributed by atoms with Gasteiger partial charge in [-0.3, -0.25) is 4.79 Å². The molecule has 6 heteroatoms. The van der Waals surface area contributed by atoms with E-state index in [0.29, 0.717) is 17.1 Å². The van der Waals surface area contributed by atoms with Crippen molar-refractivity contribution in [3.05, 3.63) is 72.4 Å². The minimum absolute atomic E-state index is 0.154. The largest absolute Gasteiger partial charge is 0.436 e. The Bertz CT molecular complexity index is 1140. The summed E-state index contributed by atoms with van der Waals surface area (Å²) < 4.78 is 5.82. The molecule has 4 aromatic rings. The average Bonchev–Trinajstić information content (AvgIpc) is 3.24. The Labute approximate surface area is 174 Å². The monoisotopic (exact) mass is 398 g/mol. The number of benzene rings is 2. The van der Waals surface area contributed by atoms with Crippen LogP contribution in [0.4, 0.5) is 11.5 Å². The molecule has 3 heterocycles. The number of aromatic nitrogens is 2. The number of amides is 1. The Hall–Kier alpha value is -3.67. The molecule has 0 aliphatic carbocycles. The van der Waals surface area contributed by atoms with Gasteiger partial charge in [-0.15, -0.1) is 0 Å². The normalized spacial score (nSPS) is 14.1. The molecule has 5 rings (SSSR count). The lowest BCUT2D eigenvalue weighted by Crippen LogP contribution is -2.32. The number of nitrogens with one attached hydrogen (secondary N) is 1. The molecule has 0 spiro atoms. The Morgan fingerprint density at radius 3 is 2.53 bits per heavy atom. The highest BCUT2D eigenvalue weighted by Crippen LogP contribution is 2.26. The molecule has 1 aliphatic rings. The highest BCUT2D eigenvalue weighted by molar-refractivity contribution is 6.07. The third kappa shape index (κ3) is 3.64. The van der Waals surface area contributed by atoms with Crippen LogP contribution < -0.4 is 10.2 Å². The van der Waals surface area contributed by atoms with Crippen molar-refractivity contribution in [1.82, 2.24) is 9.97 Å². The molecule has 30 heavy (non-hydrogen) atoms. The van der Waals surface area contributed by atoms with Crippen molar-refractivity contribution in [1.29, 1.82) is 0 Å². The van der Waals surface area contributed by atoms with E-state index in [0.717, 1.165) is 48.4 Å². The molecular formula is C24H22N4O2. The summed E-state index contributed by atoms with van der Waals surface area (Å²) >= 11 is 0. The second-order valence-electron chi connectivity index (χ2n) is 7.44. The summed E-state index contributed by atoms with van der Waals surface area (Å²) in [5, 5.41) is 2.99. The fourth-order valence-corrected chi connectivity index (χ4v) is 3.82. The third-order valence-corrected chi connectivity index (χ3v) is 5.37. The standard InChI is InChI=1S/C24H22N4O2/c29-23(19-7-6-14-25-22(19)28-15-4-1-5-16-28)26-18-12-10-17(11-13-18)24-27-20-8-2-3-9-21(20)30-24/h2-3,6-14H,1,4-5,15-16H2,(H,26,29). The van der Waals surface area contributed by atoms with Crippen molar-refractivity contribution >= 4 is 28.5 Å². The molecule has 150 valence electrons. The van der Waals surface area contributed by atoms with E-state index in [1.807, 2.05) is 54.6 Å². The maximum atomic E-state index is 12.9. The summed E-state index contributed by atoms with van der Waals surface area (Å²) in [4.78, 5) is 24.1. The quantitative estimate of drug-likeness (QED) is 0.516. The minimum Gasteiger partial charge on any atom is -0.436 e. The molecule has 0 unspecified atom stereocenters. The summed E-state index contributed by atoms with van der Waals surface area (Å²) in [5.74, 6) is 1.17. The van der Waals surface area contributed by atoms with E-state index in [1.165, 1.54) is 6.42 Å². The zero-order chi connectivity index (χ0) is 20.3. The molecule has 0 saturated carbocycles. The SMILES string of the molecule is O=C(Nc1ccc(-c2nc3ccccc3o2)cc1)c1cccnc1N1CCCCC1. The lowest BCUT2D eigenvalue weighted by atomic mass is 10.1. The number of para-hydroxylation sites is 2. The van der Waals surface area contributed by atoms with Gasteiger partial charge >= 0.3 is 0 Å². The van der Waals surface area contributed by atoms with Crippen LogP contribution in [0, 0.1) is 0 Å². The summed E-state index contributed by atoms with van der Waals surface area (Å²) in [6.45, 7) is 1.88. The highest BCUT2D eigenvalue weighted by Gasteiger charge is 2.19. The second kappa shape index (κ2) is 7.99. The number of rotatable bonds is 4. The highest BCUT2D eigenvalue weighted by atomic mass is 16.3. The van der Waals surface area contributed by atoms with E-state index >= 15 is 0 Å². The predicted octanol–water partition coefficient (Wildman–Crippen LogP) is 5.13. The number of carbonyl (C=O) groups is 1. The smallest absolute Gasteiger partial charge is 0.259 e. The molecule has 1 fully saturated rings. The van der Waals surface area contributed by atoms with E-state index in [4.69, 9.17) is 4.42 Å².